The smallest absolute Gasteiger partial charge is 0.195 e. The second-order valence-electron chi connectivity index (χ2n) is 5.49. The molecule has 4 nitrogen and oxygen atoms in total. The first-order valence-electron chi connectivity index (χ1n) is 7.15. The van der Waals surface area contributed by atoms with Crippen LogP contribution in [0.4, 0.5) is 5.82 Å². The number of thiazole rings is 1. The molecule has 1 saturated carbocycles. The van der Waals surface area contributed by atoms with Gasteiger partial charge in [0.15, 0.2) is 10.8 Å². The first-order valence-corrected chi connectivity index (χ1v) is 8.03. The maximum Gasteiger partial charge on any atom is 0.195 e. The Morgan fingerprint density at radius 2 is 2.32 bits per heavy atom. The minimum atomic E-state index is 0.494. The number of anilines is 1. The van der Waals surface area contributed by atoms with E-state index in [9.17, 15) is 0 Å². The molecule has 104 valence electrons. The van der Waals surface area contributed by atoms with Crippen molar-refractivity contribution < 1.29 is 0 Å². The van der Waals surface area contributed by atoms with Gasteiger partial charge in [-0.2, -0.15) is 0 Å². The van der Waals surface area contributed by atoms with Crippen LogP contribution < -0.4 is 10.2 Å². The molecule has 0 bridgehead atoms. The molecule has 1 aliphatic rings. The van der Waals surface area contributed by atoms with Gasteiger partial charge in [0.25, 0.3) is 0 Å². The molecular formula is C14H22N4S. The summed E-state index contributed by atoms with van der Waals surface area (Å²) < 4.78 is 2.24. The van der Waals surface area contributed by atoms with Gasteiger partial charge in [0.2, 0.25) is 0 Å². The third kappa shape index (κ3) is 2.49. The number of nitrogens with one attached hydrogen (secondary N) is 1. The lowest BCUT2D eigenvalue weighted by Crippen LogP contribution is -2.29. The van der Waals surface area contributed by atoms with Gasteiger partial charge in [0.05, 0.1) is 5.69 Å². The van der Waals surface area contributed by atoms with Crippen LogP contribution in [0.3, 0.4) is 0 Å². The summed E-state index contributed by atoms with van der Waals surface area (Å²) in [7, 11) is 0. The largest absolute Gasteiger partial charge is 0.352 e. The Morgan fingerprint density at radius 1 is 1.53 bits per heavy atom. The fourth-order valence-electron chi connectivity index (χ4n) is 2.48. The summed E-state index contributed by atoms with van der Waals surface area (Å²) in [5, 5.41) is 5.64. The zero-order valence-electron chi connectivity index (χ0n) is 11.9. The van der Waals surface area contributed by atoms with Crippen LogP contribution in [0.1, 0.15) is 39.3 Å². The summed E-state index contributed by atoms with van der Waals surface area (Å²) in [4.78, 5) is 8.43. The van der Waals surface area contributed by atoms with E-state index in [1.165, 1.54) is 24.4 Å². The van der Waals surface area contributed by atoms with Crippen LogP contribution in [0, 0.1) is 0 Å². The second kappa shape index (κ2) is 5.13. The first-order chi connectivity index (χ1) is 9.20. The van der Waals surface area contributed by atoms with Crippen LogP contribution in [0.2, 0.25) is 0 Å². The monoisotopic (exact) mass is 278 g/mol. The van der Waals surface area contributed by atoms with Gasteiger partial charge in [0.1, 0.15) is 0 Å². The van der Waals surface area contributed by atoms with Crippen molar-refractivity contribution in [3.63, 3.8) is 0 Å². The van der Waals surface area contributed by atoms with Gasteiger partial charge in [-0.3, -0.25) is 4.40 Å². The van der Waals surface area contributed by atoms with E-state index in [-0.39, 0.29) is 0 Å². The minimum Gasteiger partial charge on any atom is -0.352 e. The number of rotatable bonds is 6. The zero-order valence-corrected chi connectivity index (χ0v) is 12.7. The van der Waals surface area contributed by atoms with Gasteiger partial charge >= 0.3 is 0 Å². The third-order valence-electron chi connectivity index (χ3n) is 3.62. The topological polar surface area (TPSA) is 32.6 Å². The summed E-state index contributed by atoms with van der Waals surface area (Å²) in [6.07, 6.45) is 4.76. The normalized spacial score (nSPS) is 15.6. The predicted octanol–water partition coefficient (Wildman–Crippen LogP) is 2.88. The van der Waals surface area contributed by atoms with Gasteiger partial charge in [-0.25, -0.2) is 4.98 Å². The Kier molecular flexibility index (Phi) is 3.50. The van der Waals surface area contributed by atoms with E-state index >= 15 is 0 Å². The van der Waals surface area contributed by atoms with E-state index in [4.69, 9.17) is 4.98 Å². The quantitative estimate of drug-likeness (QED) is 0.882. The SMILES string of the molecule is CCN(c1nc2sccn2c1CNC(C)C)C1CC1. The summed E-state index contributed by atoms with van der Waals surface area (Å²) in [6, 6.07) is 1.21. The van der Waals surface area contributed by atoms with Crippen molar-refractivity contribution in [1.82, 2.24) is 14.7 Å². The van der Waals surface area contributed by atoms with Crippen LogP contribution >= 0.6 is 11.3 Å². The number of aromatic nitrogens is 2. The molecule has 1 N–H and O–H groups in total. The lowest BCUT2D eigenvalue weighted by atomic mass is 10.3. The maximum absolute atomic E-state index is 4.85. The van der Waals surface area contributed by atoms with Gasteiger partial charge < -0.3 is 10.2 Å². The second-order valence-corrected chi connectivity index (χ2v) is 6.36. The minimum absolute atomic E-state index is 0.494. The Morgan fingerprint density at radius 3 is 2.95 bits per heavy atom. The number of hydrogen-bond donors (Lipinski definition) is 1. The first kappa shape index (κ1) is 12.9. The fraction of sp³-hybridized carbons (Fsp3) is 0.643. The third-order valence-corrected chi connectivity index (χ3v) is 4.37. The van der Waals surface area contributed by atoms with E-state index < -0.39 is 0 Å². The lowest BCUT2D eigenvalue weighted by molar-refractivity contribution is 0.578. The Hall–Kier alpha value is -1.07. The van der Waals surface area contributed by atoms with E-state index in [0.29, 0.717) is 12.1 Å². The van der Waals surface area contributed by atoms with Gasteiger partial charge in [0, 0.05) is 36.8 Å². The molecule has 1 aliphatic carbocycles. The molecule has 19 heavy (non-hydrogen) atoms. The van der Waals surface area contributed by atoms with Crippen LogP contribution in [0.5, 0.6) is 0 Å². The fourth-order valence-corrected chi connectivity index (χ4v) is 3.21. The standard InChI is InChI=1S/C14H22N4S/c1-4-17(11-5-6-11)13-12(9-15-10(2)3)18-7-8-19-14(18)16-13/h7-8,10-11,15H,4-6,9H2,1-3H3. The summed E-state index contributed by atoms with van der Waals surface area (Å²) >= 11 is 1.71. The molecule has 5 heteroatoms. The summed E-state index contributed by atoms with van der Waals surface area (Å²) in [6.45, 7) is 8.53. The number of nitrogens with zero attached hydrogens (tertiary/aromatic N) is 3. The maximum atomic E-state index is 4.85. The molecule has 2 heterocycles. The summed E-state index contributed by atoms with van der Waals surface area (Å²) in [5.41, 5.74) is 1.30. The van der Waals surface area contributed by atoms with Crippen molar-refractivity contribution >= 4 is 22.1 Å². The highest BCUT2D eigenvalue weighted by Crippen LogP contribution is 2.34. The van der Waals surface area contributed by atoms with Crippen molar-refractivity contribution in [2.75, 3.05) is 11.4 Å². The van der Waals surface area contributed by atoms with Crippen molar-refractivity contribution in [2.24, 2.45) is 0 Å². The van der Waals surface area contributed by atoms with Gasteiger partial charge in [-0.1, -0.05) is 13.8 Å². The predicted molar refractivity (Wildman–Crippen MR) is 81.1 cm³/mol. The molecule has 0 amide bonds. The highest BCUT2D eigenvalue weighted by Gasteiger charge is 2.31. The van der Waals surface area contributed by atoms with Crippen molar-refractivity contribution in [3.8, 4) is 0 Å². The molecule has 2 aromatic rings. The van der Waals surface area contributed by atoms with Crippen molar-refractivity contribution in [3.05, 3.63) is 17.3 Å². The lowest BCUT2D eigenvalue weighted by Gasteiger charge is -2.22. The number of hydrogen-bond acceptors (Lipinski definition) is 4. The zero-order chi connectivity index (χ0) is 13.4. The van der Waals surface area contributed by atoms with E-state index in [2.05, 4.69) is 47.0 Å². The average molecular weight is 278 g/mol. The van der Waals surface area contributed by atoms with Gasteiger partial charge in [-0.15, -0.1) is 11.3 Å². The Labute approximate surface area is 118 Å². The highest BCUT2D eigenvalue weighted by molar-refractivity contribution is 7.15. The Bertz CT molecular complexity index is 553. The molecular weight excluding hydrogens is 256 g/mol. The number of imidazole rings is 1. The molecule has 3 rings (SSSR count). The molecule has 0 unspecified atom stereocenters. The Balaban J connectivity index is 1.96. The molecule has 0 spiro atoms. The van der Waals surface area contributed by atoms with E-state index in [1.54, 1.807) is 11.3 Å². The molecule has 0 aromatic carbocycles. The summed E-state index contributed by atoms with van der Waals surface area (Å²) in [5.74, 6) is 1.19. The molecule has 1 fully saturated rings. The van der Waals surface area contributed by atoms with Crippen LogP contribution in [0.15, 0.2) is 11.6 Å². The molecule has 2 aromatic heterocycles. The van der Waals surface area contributed by atoms with Crippen molar-refractivity contribution in [1.29, 1.82) is 0 Å². The number of fused-ring (bicyclic) bond motifs is 1. The molecule has 0 atom stereocenters. The van der Waals surface area contributed by atoms with Crippen LogP contribution in [-0.4, -0.2) is 28.0 Å². The van der Waals surface area contributed by atoms with Crippen LogP contribution in [0.25, 0.3) is 4.96 Å². The van der Waals surface area contributed by atoms with Crippen LogP contribution in [-0.2, 0) is 6.54 Å². The van der Waals surface area contributed by atoms with Crippen molar-refractivity contribution in [2.45, 2.75) is 52.2 Å². The average Bonchev–Trinajstić information content (AvgIpc) is 2.99. The van der Waals surface area contributed by atoms with Gasteiger partial charge in [-0.05, 0) is 19.8 Å². The molecule has 0 aliphatic heterocycles. The molecule has 0 radical (unpaired) electrons. The molecule has 0 saturated heterocycles. The van der Waals surface area contributed by atoms with E-state index in [0.717, 1.165) is 18.1 Å². The highest BCUT2D eigenvalue weighted by atomic mass is 32.1. The van der Waals surface area contributed by atoms with E-state index in [1.807, 2.05) is 0 Å².